The third-order valence-electron chi connectivity index (χ3n) is 0.710. The maximum absolute atomic E-state index is 8.54. The average Bonchev–Trinajstić information content (AvgIpc) is 1.59. The molecule has 0 amide bonds. The van der Waals surface area contributed by atoms with Crippen LogP contribution < -0.4 is 0 Å². The van der Waals surface area contributed by atoms with Crippen LogP contribution in [0.5, 0.6) is 17.2 Å². The maximum atomic E-state index is 8.54. The van der Waals surface area contributed by atoms with Crippen LogP contribution in [0.3, 0.4) is 0 Å². The van der Waals surface area contributed by atoms with Crippen molar-refractivity contribution < 1.29 is 148 Å². The van der Waals surface area contributed by atoms with Gasteiger partial charge in [0.2, 0.25) is 0 Å². The Balaban J connectivity index is -0.000000270. The van der Waals surface area contributed by atoms with Crippen molar-refractivity contribution in [1.29, 1.82) is 0 Å². The van der Waals surface area contributed by atoms with E-state index in [-0.39, 0.29) is 132 Å². The van der Waals surface area contributed by atoms with E-state index in [2.05, 4.69) is 18.2 Å². The van der Waals surface area contributed by atoms with Crippen LogP contribution in [0.25, 0.3) is 0 Å². The molecule has 3 nitrogen and oxygen atoms in total. The zero-order valence-corrected chi connectivity index (χ0v) is 20.3. The number of benzene rings is 1. The first-order valence-corrected chi connectivity index (χ1v) is 2.17. The van der Waals surface area contributed by atoms with Crippen molar-refractivity contribution in [2.24, 2.45) is 0 Å². The van der Waals surface area contributed by atoms with Crippen LogP contribution in [-0.2, 0) is 0 Å². The Morgan fingerprint density at radius 3 is 0.917 bits per heavy atom. The second-order valence-electron chi connectivity index (χ2n) is 1.42. The average molecular weight is 804 g/mol. The van der Waals surface area contributed by atoms with Gasteiger partial charge in [-0.1, -0.05) is 0 Å². The SMILES string of the molecule is Oc1[c-]c(O)[c-]c(O)[c-]1.[Ac].[Ac].[Ac]. The van der Waals surface area contributed by atoms with E-state index in [4.69, 9.17) is 15.3 Å². The first kappa shape index (κ1) is 20.4. The summed E-state index contributed by atoms with van der Waals surface area (Å²) in [5, 5.41) is 25.6. The number of rotatable bonds is 0. The topological polar surface area (TPSA) is 60.7 Å². The molecule has 57 valence electrons. The quantitative estimate of drug-likeness (QED) is 0.329. The zero-order chi connectivity index (χ0) is 6.85. The molecule has 6 heteroatoms. The summed E-state index contributed by atoms with van der Waals surface area (Å²) in [6.45, 7) is 0. The van der Waals surface area contributed by atoms with Crippen LogP contribution >= 0.6 is 0 Å². The van der Waals surface area contributed by atoms with Crippen LogP contribution in [0.15, 0.2) is 0 Å². The van der Waals surface area contributed by atoms with Gasteiger partial charge in [-0.25, -0.2) is 17.2 Å². The van der Waals surface area contributed by atoms with Gasteiger partial charge in [0, 0.05) is 132 Å². The fourth-order valence-electron chi connectivity index (χ4n) is 0.430. The molecule has 3 radical (unpaired) electrons. The summed E-state index contributed by atoms with van der Waals surface area (Å²) >= 11 is 0. The van der Waals surface area contributed by atoms with Gasteiger partial charge in [-0.15, -0.1) is 0 Å². The predicted molar refractivity (Wildman–Crippen MR) is 27.9 cm³/mol. The first-order chi connectivity index (χ1) is 4.18. The van der Waals surface area contributed by atoms with Crippen molar-refractivity contribution in [3.05, 3.63) is 18.2 Å². The standard InChI is InChI=1S/C6H3O3.3Ac/c7-4-1-5(8)3-6(9)2-4;;;/h7-9H;;;/q-3;;;. The van der Waals surface area contributed by atoms with Crippen LogP contribution in [-0.4, -0.2) is 15.3 Å². The smallest absolute Gasteiger partial charge is 0 e. The molecule has 3 N–H and O–H groups in total. The van der Waals surface area contributed by atoms with Gasteiger partial charge in [0.25, 0.3) is 0 Å². The van der Waals surface area contributed by atoms with E-state index in [0.29, 0.717) is 0 Å². The molecule has 0 saturated heterocycles. The van der Waals surface area contributed by atoms with Crippen molar-refractivity contribution in [2.45, 2.75) is 0 Å². The van der Waals surface area contributed by atoms with E-state index in [1.165, 1.54) is 0 Å². The largest absolute Gasteiger partial charge is 0.580 e. The second-order valence-corrected chi connectivity index (χ2v) is 1.42. The fraction of sp³-hybridized carbons (Fsp3) is 0. The van der Waals surface area contributed by atoms with Gasteiger partial charge in [-0.3, -0.25) is 0 Å². The van der Waals surface area contributed by atoms with Crippen LogP contribution in [0.1, 0.15) is 0 Å². The van der Waals surface area contributed by atoms with Gasteiger partial charge >= 0.3 is 0 Å². The molecule has 1 aromatic rings. The molecule has 0 bridgehead atoms. The molecular formula is C6H3Ac3O3-3. The molecule has 12 heavy (non-hydrogen) atoms. The van der Waals surface area contributed by atoms with Gasteiger partial charge in [-0.2, -0.15) is 0 Å². The maximum Gasteiger partial charge on any atom is 0 e. The van der Waals surface area contributed by atoms with Gasteiger partial charge in [-0.05, 0) is 0 Å². The van der Waals surface area contributed by atoms with Gasteiger partial charge in [0.15, 0.2) is 0 Å². The Kier molecular flexibility index (Phi) is 17.8. The summed E-state index contributed by atoms with van der Waals surface area (Å²) < 4.78 is 0. The first-order valence-electron chi connectivity index (χ1n) is 2.17. The molecule has 0 aliphatic heterocycles. The van der Waals surface area contributed by atoms with Crippen LogP contribution in [0.2, 0.25) is 0 Å². The Morgan fingerprint density at radius 1 is 0.583 bits per heavy atom. The molecule has 0 aliphatic rings. The van der Waals surface area contributed by atoms with E-state index >= 15 is 0 Å². The van der Waals surface area contributed by atoms with Crippen molar-refractivity contribution in [1.82, 2.24) is 0 Å². The van der Waals surface area contributed by atoms with Crippen LogP contribution in [0.4, 0.5) is 0 Å². The molecule has 0 atom stereocenters. The molecule has 0 heterocycles. The van der Waals surface area contributed by atoms with Gasteiger partial charge in [0.05, 0.1) is 0 Å². The Bertz CT molecular complexity index is 179. The van der Waals surface area contributed by atoms with E-state index < -0.39 is 17.2 Å². The van der Waals surface area contributed by atoms with Crippen molar-refractivity contribution >= 4 is 0 Å². The predicted octanol–water partition coefficient (Wildman–Crippen LogP) is 0.204. The third-order valence-corrected chi connectivity index (χ3v) is 0.710. The number of phenols is 3. The number of hydrogen-bond donors (Lipinski definition) is 3. The monoisotopic (exact) mass is 804 g/mol. The minimum atomic E-state index is -0.427. The summed E-state index contributed by atoms with van der Waals surface area (Å²) in [6.07, 6.45) is 0. The number of hydrogen-bond acceptors (Lipinski definition) is 3. The summed E-state index contributed by atoms with van der Waals surface area (Å²) in [7, 11) is 0. The minimum absolute atomic E-state index is 0. The van der Waals surface area contributed by atoms with E-state index in [1.54, 1.807) is 0 Å². The summed E-state index contributed by atoms with van der Waals surface area (Å²) in [5.41, 5.74) is 0. The summed E-state index contributed by atoms with van der Waals surface area (Å²) in [6, 6.07) is 6.15. The fourth-order valence-corrected chi connectivity index (χ4v) is 0.430. The molecule has 0 fully saturated rings. The number of aromatic hydroxyl groups is 3. The summed E-state index contributed by atoms with van der Waals surface area (Å²) in [5.74, 6) is -1.28. The second kappa shape index (κ2) is 10.5. The van der Waals surface area contributed by atoms with E-state index in [0.717, 1.165) is 0 Å². The van der Waals surface area contributed by atoms with Crippen molar-refractivity contribution in [3.63, 3.8) is 0 Å². The Hall–Kier alpha value is 2.94. The van der Waals surface area contributed by atoms with E-state index in [1.807, 2.05) is 0 Å². The van der Waals surface area contributed by atoms with Gasteiger partial charge < -0.3 is 33.5 Å². The number of phenolic OH excluding ortho intramolecular Hbond substituents is 3. The van der Waals surface area contributed by atoms with Gasteiger partial charge in [0.1, 0.15) is 0 Å². The molecule has 0 spiro atoms. The molecule has 1 aromatic carbocycles. The minimum Gasteiger partial charge on any atom is -0.580 e. The van der Waals surface area contributed by atoms with Crippen LogP contribution in [0, 0.1) is 150 Å². The molecule has 0 unspecified atom stereocenters. The molecule has 0 saturated carbocycles. The molecular weight excluding hydrogens is 801 g/mol. The third kappa shape index (κ3) is 8.27. The molecule has 0 aliphatic carbocycles. The van der Waals surface area contributed by atoms with Crippen molar-refractivity contribution in [2.75, 3.05) is 0 Å². The Labute approximate surface area is 178 Å². The normalized spacial score (nSPS) is 7.00. The molecule has 0 aromatic heterocycles. The molecule has 1 rings (SSSR count). The van der Waals surface area contributed by atoms with Crippen molar-refractivity contribution in [3.8, 4) is 17.2 Å². The van der Waals surface area contributed by atoms with E-state index in [9.17, 15) is 0 Å². The Morgan fingerprint density at radius 2 is 0.750 bits per heavy atom. The summed E-state index contributed by atoms with van der Waals surface area (Å²) in [4.78, 5) is 0. The zero-order valence-electron chi connectivity index (χ0n) is 6.07.